The van der Waals surface area contributed by atoms with Gasteiger partial charge in [0.1, 0.15) is 6.17 Å². The highest BCUT2D eigenvalue weighted by Crippen LogP contribution is 2.27. The fourth-order valence-electron chi connectivity index (χ4n) is 3.57. The van der Waals surface area contributed by atoms with E-state index in [-0.39, 0.29) is 6.04 Å². The number of aromatic nitrogens is 2. The van der Waals surface area contributed by atoms with Crippen LogP contribution in [0.25, 0.3) is 0 Å². The van der Waals surface area contributed by atoms with Crippen LogP contribution in [0.4, 0.5) is 10.4 Å². The molecule has 1 aromatic heterocycles. The predicted octanol–water partition coefficient (Wildman–Crippen LogP) is 2.58. The van der Waals surface area contributed by atoms with Crippen molar-refractivity contribution in [1.29, 1.82) is 0 Å². The number of hydrogen-bond donors (Lipinski definition) is 0. The fraction of sp³-hybridized carbons (Fsp3) is 0.750. The second-order valence-corrected chi connectivity index (χ2v) is 6.61. The monoisotopic (exact) mass is 308 g/mol. The molecule has 5 nitrogen and oxygen atoms in total. The Morgan fingerprint density at radius 2 is 2.23 bits per heavy atom. The molecule has 0 spiro atoms. The van der Waals surface area contributed by atoms with Gasteiger partial charge in [0.15, 0.2) is 0 Å². The van der Waals surface area contributed by atoms with Crippen molar-refractivity contribution in [2.75, 3.05) is 31.6 Å². The van der Waals surface area contributed by atoms with Gasteiger partial charge < -0.3 is 14.2 Å². The van der Waals surface area contributed by atoms with Gasteiger partial charge in [0.05, 0.1) is 6.54 Å². The summed E-state index contributed by atoms with van der Waals surface area (Å²) in [6.45, 7) is 4.01. The van der Waals surface area contributed by atoms with E-state index in [0.717, 1.165) is 25.4 Å². The second kappa shape index (κ2) is 6.77. The molecule has 0 aromatic carbocycles. The first-order chi connectivity index (χ1) is 10.6. The van der Waals surface area contributed by atoms with Gasteiger partial charge in [-0.25, -0.2) is 4.39 Å². The summed E-state index contributed by atoms with van der Waals surface area (Å²) in [5.74, 6) is 1.25. The number of allylic oxidation sites excluding steroid dienone is 2. The van der Waals surface area contributed by atoms with E-state index in [9.17, 15) is 4.39 Å². The maximum Gasteiger partial charge on any atom is 0.318 e. The van der Waals surface area contributed by atoms with Crippen molar-refractivity contribution < 1.29 is 8.81 Å². The zero-order valence-electron chi connectivity index (χ0n) is 13.4. The van der Waals surface area contributed by atoms with Crippen LogP contribution < -0.4 is 4.90 Å². The first-order valence-corrected chi connectivity index (χ1v) is 8.16. The number of likely N-dealkylation sites (N-methyl/N-ethyl adjacent to an activating group) is 1. The number of alkyl halides is 1. The Balaban J connectivity index is 1.58. The Kier molecular flexibility index (Phi) is 4.76. The van der Waals surface area contributed by atoms with Crippen LogP contribution in [-0.4, -0.2) is 54.0 Å². The molecule has 1 aliphatic heterocycles. The van der Waals surface area contributed by atoms with Crippen LogP contribution in [0, 0.1) is 12.8 Å². The van der Waals surface area contributed by atoms with Gasteiger partial charge in [0, 0.05) is 32.5 Å². The summed E-state index contributed by atoms with van der Waals surface area (Å²) in [5.41, 5.74) is 0. The lowest BCUT2D eigenvalue weighted by Gasteiger charge is -2.30. The molecule has 6 heteroatoms. The van der Waals surface area contributed by atoms with E-state index in [1.54, 1.807) is 6.92 Å². The molecule has 1 aromatic rings. The Hall–Kier alpha value is -1.43. The van der Waals surface area contributed by atoms with Crippen molar-refractivity contribution in [2.24, 2.45) is 5.92 Å². The smallest absolute Gasteiger partial charge is 0.318 e. The minimum atomic E-state index is -0.816. The number of aryl methyl sites for hydroxylation is 1. The Labute approximate surface area is 131 Å². The Bertz CT molecular complexity index is 518. The van der Waals surface area contributed by atoms with Crippen molar-refractivity contribution in [1.82, 2.24) is 15.1 Å². The summed E-state index contributed by atoms with van der Waals surface area (Å²) in [7, 11) is 2.13. The first-order valence-electron chi connectivity index (χ1n) is 8.16. The topological polar surface area (TPSA) is 45.4 Å². The summed E-state index contributed by atoms with van der Waals surface area (Å²) in [5, 5.41) is 7.91. The van der Waals surface area contributed by atoms with Gasteiger partial charge in [0.25, 0.3) is 0 Å². The minimum absolute atomic E-state index is 0.110. The van der Waals surface area contributed by atoms with E-state index in [0.29, 0.717) is 24.9 Å². The molecule has 0 saturated carbocycles. The van der Waals surface area contributed by atoms with Crippen LogP contribution in [0.5, 0.6) is 0 Å². The van der Waals surface area contributed by atoms with Gasteiger partial charge in [-0.15, -0.1) is 5.10 Å². The van der Waals surface area contributed by atoms with E-state index < -0.39 is 6.17 Å². The molecular weight excluding hydrogens is 283 g/mol. The largest absolute Gasteiger partial charge is 0.408 e. The van der Waals surface area contributed by atoms with Crippen molar-refractivity contribution in [3.8, 4) is 0 Å². The number of rotatable bonds is 5. The zero-order chi connectivity index (χ0) is 15.5. The van der Waals surface area contributed by atoms with E-state index in [4.69, 9.17) is 4.42 Å². The van der Waals surface area contributed by atoms with Gasteiger partial charge in [-0.05, 0) is 32.2 Å². The second-order valence-electron chi connectivity index (χ2n) is 6.61. The Morgan fingerprint density at radius 3 is 2.91 bits per heavy atom. The van der Waals surface area contributed by atoms with Gasteiger partial charge in [-0.3, -0.25) is 0 Å². The van der Waals surface area contributed by atoms with E-state index >= 15 is 0 Å². The van der Waals surface area contributed by atoms with Crippen LogP contribution in [0.15, 0.2) is 16.6 Å². The SMILES string of the molecule is Cc1nnc(N2C[C@@H](F)C[C@H]2CN(C)C[C@H]2CC=CCC2)o1. The summed E-state index contributed by atoms with van der Waals surface area (Å²) in [6, 6.07) is 0.565. The number of anilines is 1. The normalized spacial score (nSPS) is 28.7. The highest BCUT2D eigenvalue weighted by Gasteiger charge is 2.35. The zero-order valence-corrected chi connectivity index (χ0v) is 13.4. The van der Waals surface area contributed by atoms with Crippen LogP contribution in [0.2, 0.25) is 0 Å². The van der Waals surface area contributed by atoms with Crippen molar-refractivity contribution in [2.45, 2.75) is 44.8 Å². The highest BCUT2D eigenvalue weighted by molar-refractivity contribution is 5.30. The van der Waals surface area contributed by atoms with E-state index in [2.05, 4.69) is 34.3 Å². The molecule has 1 fully saturated rings. The van der Waals surface area contributed by atoms with Crippen molar-refractivity contribution in [3.05, 3.63) is 18.0 Å². The maximum atomic E-state index is 13.9. The molecule has 1 saturated heterocycles. The Morgan fingerprint density at radius 1 is 1.36 bits per heavy atom. The first kappa shape index (κ1) is 15.5. The van der Waals surface area contributed by atoms with Gasteiger partial charge in [-0.1, -0.05) is 17.3 Å². The molecule has 0 unspecified atom stereocenters. The molecule has 0 N–H and O–H groups in total. The lowest BCUT2D eigenvalue weighted by Crippen LogP contribution is -2.40. The lowest BCUT2D eigenvalue weighted by molar-refractivity contribution is 0.245. The van der Waals surface area contributed by atoms with Crippen molar-refractivity contribution >= 4 is 6.01 Å². The summed E-state index contributed by atoms with van der Waals surface area (Å²) < 4.78 is 19.4. The highest BCUT2D eigenvalue weighted by atomic mass is 19.1. The third-order valence-electron chi connectivity index (χ3n) is 4.59. The van der Waals surface area contributed by atoms with Gasteiger partial charge >= 0.3 is 6.01 Å². The van der Waals surface area contributed by atoms with Crippen LogP contribution in [-0.2, 0) is 0 Å². The number of halogens is 1. The predicted molar refractivity (Wildman–Crippen MR) is 83.7 cm³/mol. The standard InChI is InChI=1S/C16H25FN4O/c1-12-18-19-16(22-12)21-10-14(17)8-15(21)11-20(2)9-13-6-4-3-5-7-13/h3-4,13-15H,5-11H2,1-2H3/t13-,14-,15-/m0/s1. The van der Waals surface area contributed by atoms with Gasteiger partial charge in [-0.2, -0.15) is 0 Å². The van der Waals surface area contributed by atoms with Gasteiger partial charge in [0.2, 0.25) is 5.89 Å². The van der Waals surface area contributed by atoms with Crippen LogP contribution in [0.3, 0.4) is 0 Å². The molecule has 22 heavy (non-hydrogen) atoms. The van der Waals surface area contributed by atoms with Crippen LogP contribution in [0.1, 0.15) is 31.6 Å². The molecule has 3 atom stereocenters. The third kappa shape index (κ3) is 3.66. The average Bonchev–Trinajstić information content (AvgIpc) is 3.06. The molecule has 122 valence electrons. The van der Waals surface area contributed by atoms with Crippen LogP contribution >= 0.6 is 0 Å². The molecular formula is C16H25FN4O. The molecule has 1 aliphatic carbocycles. The molecule has 0 bridgehead atoms. The summed E-state index contributed by atoms with van der Waals surface area (Å²) in [4.78, 5) is 4.25. The number of nitrogens with zero attached hydrogens (tertiary/aromatic N) is 4. The maximum absolute atomic E-state index is 13.9. The van der Waals surface area contributed by atoms with E-state index in [1.807, 2.05) is 4.90 Å². The number of hydrogen-bond acceptors (Lipinski definition) is 5. The average molecular weight is 308 g/mol. The third-order valence-corrected chi connectivity index (χ3v) is 4.59. The molecule has 0 radical (unpaired) electrons. The minimum Gasteiger partial charge on any atom is -0.408 e. The molecule has 2 heterocycles. The summed E-state index contributed by atoms with van der Waals surface area (Å²) in [6.07, 6.45) is 7.86. The quantitative estimate of drug-likeness (QED) is 0.782. The molecule has 2 aliphatic rings. The molecule has 3 rings (SSSR count). The van der Waals surface area contributed by atoms with E-state index in [1.165, 1.54) is 12.8 Å². The fourth-order valence-corrected chi connectivity index (χ4v) is 3.57. The summed E-state index contributed by atoms with van der Waals surface area (Å²) >= 11 is 0. The van der Waals surface area contributed by atoms with Crippen molar-refractivity contribution in [3.63, 3.8) is 0 Å². The molecule has 0 amide bonds. The lowest BCUT2D eigenvalue weighted by atomic mass is 9.94.